The van der Waals surface area contributed by atoms with Crippen molar-refractivity contribution in [1.29, 1.82) is 0 Å². The third kappa shape index (κ3) is 8.40. The number of piperidine rings is 1. The number of carbonyl (C=O) groups excluding carboxylic acids is 1. The van der Waals surface area contributed by atoms with Crippen LogP contribution in [-0.4, -0.2) is 49.3 Å². The molecule has 0 aliphatic carbocycles. The number of nitrogens with one attached hydrogen (secondary N) is 1. The highest BCUT2D eigenvalue weighted by molar-refractivity contribution is 5.97. The van der Waals surface area contributed by atoms with Gasteiger partial charge in [-0.3, -0.25) is 9.69 Å². The fraction of sp³-hybridized carbons (Fsp3) is 0.741. The second-order valence-corrected chi connectivity index (χ2v) is 10.7. The van der Waals surface area contributed by atoms with Crippen LogP contribution in [0.3, 0.4) is 0 Å². The molecular formula is C27H46N2O3. The molecule has 1 fully saturated rings. The van der Waals surface area contributed by atoms with Gasteiger partial charge in [0.2, 0.25) is 0 Å². The minimum Gasteiger partial charge on any atom is -0.492 e. The number of benzene rings is 1. The van der Waals surface area contributed by atoms with Crippen molar-refractivity contribution in [2.45, 2.75) is 73.3 Å². The monoisotopic (exact) mass is 446 g/mol. The Morgan fingerprint density at radius 1 is 1.06 bits per heavy atom. The third-order valence-electron chi connectivity index (χ3n) is 6.04. The van der Waals surface area contributed by atoms with Crippen LogP contribution in [0.1, 0.15) is 67.7 Å². The van der Waals surface area contributed by atoms with Gasteiger partial charge in [0.15, 0.2) is 0 Å². The molecule has 1 aliphatic heterocycles. The zero-order valence-corrected chi connectivity index (χ0v) is 21.4. The number of rotatable bonds is 12. The summed E-state index contributed by atoms with van der Waals surface area (Å²) in [6.45, 7) is 19.6. The second kappa shape index (κ2) is 12.6. The summed E-state index contributed by atoms with van der Waals surface area (Å²) in [5.41, 5.74) is -0.0211. The van der Waals surface area contributed by atoms with Crippen LogP contribution in [0.5, 0.6) is 5.75 Å². The van der Waals surface area contributed by atoms with Crippen molar-refractivity contribution in [3.8, 4) is 5.75 Å². The standard InChI is InChI=1S/C27H46N2O3/c1-8-32-27(16-20(2)3,17-21(4)5)26(30)28-24-9-11-25(12-10-24)31-14-13-29-18-22(6)15-23(7)19-29/h9-12,20-23H,8,13-19H2,1-7H3,(H,28,30)/t22-,23+. The first-order chi connectivity index (χ1) is 15.1. The molecule has 0 unspecified atom stereocenters. The van der Waals surface area contributed by atoms with Crippen LogP contribution in [0.4, 0.5) is 5.69 Å². The van der Waals surface area contributed by atoms with Gasteiger partial charge in [-0.2, -0.15) is 0 Å². The Morgan fingerprint density at radius 2 is 1.62 bits per heavy atom. The Morgan fingerprint density at radius 3 is 2.12 bits per heavy atom. The van der Waals surface area contributed by atoms with E-state index in [0.717, 1.165) is 42.9 Å². The lowest BCUT2D eigenvalue weighted by molar-refractivity contribution is -0.146. The van der Waals surface area contributed by atoms with Crippen LogP contribution in [0.2, 0.25) is 0 Å². The van der Waals surface area contributed by atoms with Gasteiger partial charge in [0.1, 0.15) is 18.0 Å². The third-order valence-corrected chi connectivity index (χ3v) is 6.04. The fourth-order valence-electron chi connectivity index (χ4n) is 5.19. The predicted octanol–water partition coefficient (Wildman–Crippen LogP) is 5.85. The number of ether oxygens (including phenoxy) is 2. The summed E-state index contributed by atoms with van der Waals surface area (Å²) in [6.07, 6.45) is 2.74. The van der Waals surface area contributed by atoms with E-state index in [4.69, 9.17) is 9.47 Å². The lowest BCUT2D eigenvalue weighted by Gasteiger charge is -2.35. The van der Waals surface area contributed by atoms with Crippen molar-refractivity contribution in [1.82, 2.24) is 4.90 Å². The van der Waals surface area contributed by atoms with Crippen LogP contribution in [0.25, 0.3) is 0 Å². The quantitative estimate of drug-likeness (QED) is 0.438. The maximum Gasteiger partial charge on any atom is 0.256 e. The summed E-state index contributed by atoms with van der Waals surface area (Å²) in [5.74, 6) is 3.04. The molecule has 1 saturated heterocycles. The average molecular weight is 447 g/mol. The number of hydrogen-bond donors (Lipinski definition) is 1. The van der Waals surface area contributed by atoms with Crippen LogP contribution in [-0.2, 0) is 9.53 Å². The Hall–Kier alpha value is -1.59. The van der Waals surface area contributed by atoms with E-state index in [1.807, 2.05) is 31.2 Å². The van der Waals surface area contributed by atoms with Crippen molar-refractivity contribution < 1.29 is 14.3 Å². The highest BCUT2D eigenvalue weighted by atomic mass is 16.5. The van der Waals surface area contributed by atoms with Gasteiger partial charge in [-0.05, 0) is 74.1 Å². The topological polar surface area (TPSA) is 50.8 Å². The molecule has 1 aromatic carbocycles. The zero-order chi connectivity index (χ0) is 23.7. The number of anilines is 1. The normalized spacial score (nSPS) is 20.0. The van der Waals surface area contributed by atoms with Crippen LogP contribution in [0.15, 0.2) is 24.3 Å². The average Bonchev–Trinajstić information content (AvgIpc) is 2.67. The number of amides is 1. The second-order valence-electron chi connectivity index (χ2n) is 10.7. The molecule has 0 spiro atoms. The summed E-state index contributed by atoms with van der Waals surface area (Å²) in [5, 5.41) is 3.10. The largest absolute Gasteiger partial charge is 0.492 e. The van der Waals surface area contributed by atoms with E-state index in [1.54, 1.807) is 0 Å². The van der Waals surface area contributed by atoms with Crippen molar-refractivity contribution in [3.63, 3.8) is 0 Å². The molecule has 2 atom stereocenters. The minimum atomic E-state index is -0.797. The molecule has 32 heavy (non-hydrogen) atoms. The molecule has 0 aromatic heterocycles. The zero-order valence-electron chi connectivity index (χ0n) is 21.4. The highest BCUT2D eigenvalue weighted by Gasteiger charge is 2.40. The number of carbonyl (C=O) groups is 1. The van der Waals surface area contributed by atoms with Gasteiger partial charge in [-0.15, -0.1) is 0 Å². The van der Waals surface area contributed by atoms with Gasteiger partial charge in [-0.1, -0.05) is 41.5 Å². The molecule has 1 aliphatic rings. The summed E-state index contributed by atoms with van der Waals surface area (Å²) >= 11 is 0. The molecule has 2 rings (SSSR count). The molecular weight excluding hydrogens is 400 g/mol. The molecule has 0 bridgehead atoms. The van der Waals surface area contributed by atoms with E-state index in [9.17, 15) is 4.79 Å². The maximum atomic E-state index is 13.3. The molecule has 1 N–H and O–H groups in total. The van der Waals surface area contributed by atoms with Crippen molar-refractivity contribution in [2.75, 3.05) is 38.2 Å². The molecule has 182 valence electrons. The van der Waals surface area contributed by atoms with Gasteiger partial charge in [0.25, 0.3) is 5.91 Å². The van der Waals surface area contributed by atoms with Gasteiger partial charge in [0, 0.05) is 31.9 Å². The summed E-state index contributed by atoms with van der Waals surface area (Å²) < 4.78 is 12.1. The maximum absolute atomic E-state index is 13.3. The van der Waals surface area contributed by atoms with E-state index in [0.29, 0.717) is 37.9 Å². The summed E-state index contributed by atoms with van der Waals surface area (Å²) in [7, 11) is 0. The Balaban J connectivity index is 1.93. The van der Waals surface area contributed by atoms with E-state index in [-0.39, 0.29) is 5.91 Å². The summed E-state index contributed by atoms with van der Waals surface area (Å²) in [6, 6.07) is 7.70. The van der Waals surface area contributed by atoms with Crippen LogP contribution < -0.4 is 10.1 Å². The first-order valence-corrected chi connectivity index (χ1v) is 12.5. The van der Waals surface area contributed by atoms with Gasteiger partial charge in [-0.25, -0.2) is 0 Å². The highest BCUT2D eigenvalue weighted by Crippen LogP contribution is 2.31. The fourth-order valence-corrected chi connectivity index (χ4v) is 5.19. The van der Waals surface area contributed by atoms with Crippen molar-refractivity contribution in [2.24, 2.45) is 23.7 Å². The number of nitrogens with zero attached hydrogens (tertiary/aromatic N) is 1. The SMILES string of the molecule is CCOC(CC(C)C)(CC(C)C)C(=O)Nc1ccc(OCCN2C[C@H](C)C[C@H](C)C2)cc1. The number of likely N-dealkylation sites (tertiary alicyclic amines) is 1. The molecule has 1 aromatic rings. The van der Waals surface area contributed by atoms with E-state index in [2.05, 4.69) is 51.8 Å². The Bertz CT molecular complexity index is 667. The van der Waals surface area contributed by atoms with E-state index >= 15 is 0 Å². The van der Waals surface area contributed by atoms with Gasteiger partial charge < -0.3 is 14.8 Å². The molecule has 1 amide bonds. The lowest BCUT2D eigenvalue weighted by atomic mass is 9.83. The first kappa shape index (κ1) is 26.7. The Kier molecular flexibility index (Phi) is 10.5. The van der Waals surface area contributed by atoms with Crippen molar-refractivity contribution in [3.05, 3.63) is 24.3 Å². The van der Waals surface area contributed by atoms with Gasteiger partial charge in [0.05, 0.1) is 0 Å². The predicted molar refractivity (Wildman–Crippen MR) is 133 cm³/mol. The number of hydrogen-bond acceptors (Lipinski definition) is 4. The van der Waals surface area contributed by atoms with Crippen LogP contribution >= 0.6 is 0 Å². The minimum absolute atomic E-state index is 0.0521. The van der Waals surface area contributed by atoms with E-state index < -0.39 is 5.60 Å². The first-order valence-electron chi connectivity index (χ1n) is 12.5. The Labute approximate surface area is 196 Å². The molecule has 1 heterocycles. The summed E-state index contributed by atoms with van der Waals surface area (Å²) in [4.78, 5) is 15.8. The van der Waals surface area contributed by atoms with E-state index in [1.165, 1.54) is 6.42 Å². The molecule has 5 nitrogen and oxygen atoms in total. The van der Waals surface area contributed by atoms with Gasteiger partial charge >= 0.3 is 0 Å². The van der Waals surface area contributed by atoms with Crippen LogP contribution in [0, 0.1) is 23.7 Å². The molecule has 0 radical (unpaired) electrons. The molecule has 0 saturated carbocycles. The smallest absolute Gasteiger partial charge is 0.256 e. The lowest BCUT2D eigenvalue weighted by Crippen LogP contribution is -2.47. The molecule has 5 heteroatoms. The van der Waals surface area contributed by atoms with Crippen molar-refractivity contribution >= 4 is 11.6 Å².